The van der Waals surface area contributed by atoms with E-state index in [1.165, 1.54) is 9.88 Å². The summed E-state index contributed by atoms with van der Waals surface area (Å²) in [6.07, 6.45) is 7.92. The molecule has 92 valence electrons. The molecule has 0 aromatic carbocycles. The minimum Gasteiger partial charge on any atom is -0.312 e. The number of nitrogens with zero attached hydrogens (tertiary/aromatic N) is 3. The lowest BCUT2D eigenvalue weighted by Gasteiger charge is -2.03. The number of thiazole rings is 1. The highest BCUT2D eigenvalue weighted by molar-refractivity contribution is 7.11. The van der Waals surface area contributed by atoms with Gasteiger partial charge in [-0.2, -0.15) is 5.10 Å². The molecule has 0 unspecified atom stereocenters. The second-order valence-corrected chi connectivity index (χ2v) is 5.07. The summed E-state index contributed by atoms with van der Waals surface area (Å²) in [6.45, 7) is 5.05. The van der Waals surface area contributed by atoms with Gasteiger partial charge in [-0.1, -0.05) is 6.92 Å². The molecule has 0 spiro atoms. The van der Waals surface area contributed by atoms with Gasteiger partial charge in [0.15, 0.2) is 0 Å². The highest BCUT2D eigenvalue weighted by atomic mass is 32.1. The summed E-state index contributed by atoms with van der Waals surface area (Å²) in [6, 6.07) is 1.96. The lowest BCUT2D eigenvalue weighted by Crippen LogP contribution is -2.16. The van der Waals surface area contributed by atoms with E-state index in [0.29, 0.717) is 0 Å². The highest BCUT2D eigenvalue weighted by Crippen LogP contribution is 2.12. The van der Waals surface area contributed by atoms with Crippen LogP contribution in [-0.2, 0) is 19.5 Å². The van der Waals surface area contributed by atoms with Gasteiger partial charge in [0.25, 0.3) is 0 Å². The molecule has 5 heteroatoms. The first kappa shape index (κ1) is 12.3. The summed E-state index contributed by atoms with van der Waals surface area (Å²) in [4.78, 5) is 5.66. The number of nitrogens with one attached hydrogen (secondary N) is 1. The predicted octanol–water partition coefficient (Wildman–Crippen LogP) is 2.08. The molecule has 17 heavy (non-hydrogen) atoms. The van der Waals surface area contributed by atoms with Crippen molar-refractivity contribution in [3.63, 3.8) is 0 Å². The fourth-order valence-electron chi connectivity index (χ4n) is 1.60. The molecule has 4 nitrogen and oxygen atoms in total. The van der Waals surface area contributed by atoms with Gasteiger partial charge >= 0.3 is 0 Å². The number of hydrogen-bond donors (Lipinski definition) is 1. The van der Waals surface area contributed by atoms with Gasteiger partial charge in [0, 0.05) is 36.6 Å². The summed E-state index contributed by atoms with van der Waals surface area (Å²) in [5.74, 6) is 0. The third kappa shape index (κ3) is 3.94. The molecule has 0 saturated heterocycles. The Hall–Kier alpha value is -1.20. The van der Waals surface area contributed by atoms with Gasteiger partial charge < -0.3 is 5.32 Å². The van der Waals surface area contributed by atoms with E-state index in [0.717, 1.165) is 32.5 Å². The van der Waals surface area contributed by atoms with Crippen LogP contribution in [0.4, 0.5) is 0 Å². The molecule has 2 aromatic rings. The fraction of sp³-hybridized carbons (Fsp3) is 0.500. The number of aromatic nitrogens is 3. The van der Waals surface area contributed by atoms with Gasteiger partial charge in [-0.15, -0.1) is 11.3 Å². The van der Waals surface area contributed by atoms with E-state index in [1.807, 2.05) is 29.3 Å². The van der Waals surface area contributed by atoms with Crippen molar-refractivity contribution in [1.82, 2.24) is 20.1 Å². The third-order valence-electron chi connectivity index (χ3n) is 2.50. The lowest BCUT2D eigenvalue weighted by atomic mass is 10.4. The predicted molar refractivity (Wildman–Crippen MR) is 70.0 cm³/mol. The number of hydrogen-bond acceptors (Lipinski definition) is 4. The Balaban J connectivity index is 1.60. The smallest absolute Gasteiger partial charge is 0.0925 e. The summed E-state index contributed by atoms with van der Waals surface area (Å²) < 4.78 is 1.96. The van der Waals surface area contributed by atoms with Crippen LogP contribution in [0.2, 0.25) is 0 Å². The molecule has 2 heterocycles. The van der Waals surface area contributed by atoms with Crippen molar-refractivity contribution in [1.29, 1.82) is 0 Å². The molecule has 0 saturated carbocycles. The van der Waals surface area contributed by atoms with Crippen LogP contribution in [0.5, 0.6) is 0 Å². The lowest BCUT2D eigenvalue weighted by molar-refractivity contribution is 0.544. The molecule has 0 amide bonds. The molecular formula is C12H18N4S. The fourth-order valence-corrected chi connectivity index (χ4v) is 2.44. The molecule has 2 aromatic heterocycles. The molecular weight excluding hydrogens is 232 g/mol. The van der Waals surface area contributed by atoms with E-state index in [2.05, 4.69) is 22.3 Å². The van der Waals surface area contributed by atoms with Crippen LogP contribution in [0.3, 0.4) is 0 Å². The maximum atomic E-state index is 4.34. The Kier molecular flexibility index (Phi) is 4.70. The van der Waals surface area contributed by atoms with E-state index in [1.54, 1.807) is 11.3 Å². The van der Waals surface area contributed by atoms with Gasteiger partial charge in [0.2, 0.25) is 0 Å². The minimum absolute atomic E-state index is 0.927. The summed E-state index contributed by atoms with van der Waals surface area (Å²) >= 11 is 1.80. The maximum absolute atomic E-state index is 4.34. The quantitative estimate of drug-likeness (QED) is 0.765. The first-order chi connectivity index (χ1) is 8.38. The topological polar surface area (TPSA) is 42.7 Å². The molecule has 2 rings (SSSR count). The SMILES string of the molecule is CCc1ncc(CNCCCn2cccn2)s1. The van der Waals surface area contributed by atoms with Crippen LogP contribution >= 0.6 is 11.3 Å². The highest BCUT2D eigenvalue weighted by Gasteiger charge is 1.99. The van der Waals surface area contributed by atoms with Crippen LogP contribution in [0, 0.1) is 0 Å². The van der Waals surface area contributed by atoms with Gasteiger partial charge in [-0.05, 0) is 25.5 Å². The van der Waals surface area contributed by atoms with Crippen LogP contribution in [0.1, 0.15) is 23.2 Å². The number of aryl methyl sites for hydroxylation is 2. The van der Waals surface area contributed by atoms with Gasteiger partial charge in [-0.25, -0.2) is 4.98 Å². The summed E-state index contributed by atoms with van der Waals surface area (Å²) in [7, 11) is 0. The van der Waals surface area contributed by atoms with Crippen molar-refractivity contribution in [2.45, 2.75) is 32.9 Å². The van der Waals surface area contributed by atoms with E-state index >= 15 is 0 Å². The summed E-state index contributed by atoms with van der Waals surface area (Å²) in [5, 5.41) is 8.82. The average molecular weight is 250 g/mol. The standard InChI is InChI=1S/C12H18N4S/c1-2-12-14-10-11(17-12)9-13-5-3-7-16-8-4-6-15-16/h4,6,8,10,13H,2-3,5,7,9H2,1H3. The van der Waals surface area contributed by atoms with Crippen molar-refractivity contribution in [2.75, 3.05) is 6.54 Å². The Morgan fingerprint density at radius 2 is 2.41 bits per heavy atom. The van der Waals surface area contributed by atoms with E-state index in [9.17, 15) is 0 Å². The van der Waals surface area contributed by atoms with E-state index in [-0.39, 0.29) is 0 Å². The molecule has 0 fully saturated rings. The number of rotatable bonds is 7. The van der Waals surface area contributed by atoms with Crippen LogP contribution in [0.15, 0.2) is 24.7 Å². The molecule has 1 N–H and O–H groups in total. The largest absolute Gasteiger partial charge is 0.312 e. The molecule has 0 atom stereocenters. The van der Waals surface area contributed by atoms with Crippen LogP contribution in [-0.4, -0.2) is 21.3 Å². The second-order valence-electron chi connectivity index (χ2n) is 3.87. The first-order valence-corrected chi connectivity index (χ1v) is 6.82. The van der Waals surface area contributed by atoms with Crippen LogP contribution < -0.4 is 5.32 Å². The van der Waals surface area contributed by atoms with Crippen molar-refractivity contribution < 1.29 is 0 Å². The Morgan fingerprint density at radius 3 is 3.12 bits per heavy atom. The Morgan fingerprint density at radius 1 is 1.47 bits per heavy atom. The van der Waals surface area contributed by atoms with Crippen LogP contribution in [0.25, 0.3) is 0 Å². The normalized spacial score (nSPS) is 10.9. The minimum atomic E-state index is 0.927. The Bertz CT molecular complexity index is 421. The Labute approximate surface area is 106 Å². The first-order valence-electron chi connectivity index (χ1n) is 6.00. The third-order valence-corrected chi connectivity index (χ3v) is 3.64. The van der Waals surface area contributed by atoms with Gasteiger partial charge in [0.1, 0.15) is 0 Å². The van der Waals surface area contributed by atoms with E-state index in [4.69, 9.17) is 0 Å². The molecule has 0 radical (unpaired) electrons. The molecule has 0 aliphatic carbocycles. The second kappa shape index (κ2) is 6.51. The van der Waals surface area contributed by atoms with Crippen molar-refractivity contribution in [3.05, 3.63) is 34.5 Å². The zero-order valence-electron chi connectivity index (χ0n) is 10.1. The molecule has 0 aliphatic heterocycles. The maximum Gasteiger partial charge on any atom is 0.0925 e. The van der Waals surface area contributed by atoms with Crippen molar-refractivity contribution in [3.8, 4) is 0 Å². The molecule has 0 aliphatic rings. The van der Waals surface area contributed by atoms with Gasteiger partial charge in [0.05, 0.1) is 5.01 Å². The van der Waals surface area contributed by atoms with Crippen molar-refractivity contribution >= 4 is 11.3 Å². The molecule has 0 bridgehead atoms. The van der Waals surface area contributed by atoms with Crippen molar-refractivity contribution in [2.24, 2.45) is 0 Å². The average Bonchev–Trinajstić information content (AvgIpc) is 2.99. The van der Waals surface area contributed by atoms with Gasteiger partial charge in [-0.3, -0.25) is 4.68 Å². The zero-order chi connectivity index (χ0) is 11.9. The summed E-state index contributed by atoms with van der Waals surface area (Å²) in [5.41, 5.74) is 0. The van der Waals surface area contributed by atoms with E-state index < -0.39 is 0 Å². The monoisotopic (exact) mass is 250 g/mol. The zero-order valence-corrected chi connectivity index (χ0v) is 10.9.